The van der Waals surface area contributed by atoms with Crippen LogP contribution in [0.5, 0.6) is 0 Å². The molecule has 3 heterocycles. The molecule has 36 heavy (non-hydrogen) atoms. The summed E-state index contributed by atoms with van der Waals surface area (Å²) < 4.78 is 2.08. The summed E-state index contributed by atoms with van der Waals surface area (Å²) in [7, 11) is 0. The first-order valence-electron chi connectivity index (χ1n) is 12.9. The minimum atomic E-state index is -0.925. The number of carboxylic acid groups (broad SMARTS) is 1. The highest BCUT2D eigenvalue weighted by Gasteiger charge is 2.55. The predicted molar refractivity (Wildman–Crippen MR) is 137 cm³/mol. The van der Waals surface area contributed by atoms with Gasteiger partial charge in [-0.1, -0.05) is 69.4 Å². The molecule has 0 saturated carbocycles. The van der Waals surface area contributed by atoms with Gasteiger partial charge in [-0.15, -0.1) is 10.2 Å². The highest BCUT2D eigenvalue weighted by molar-refractivity contribution is 5.78. The van der Waals surface area contributed by atoms with E-state index in [-0.39, 0.29) is 0 Å². The van der Waals surface area contributed by atoms with Gasteiger partial charge in [-0.3, -0.25) is 9.69 Å². The Morgan fingerprint density at radius 3 is 2.75 bits per heavy atom. The molecule has 2 unspecified atom stereocenters. The summed E-state index contributed by atoms with van der Waals surface area (Å²) in [5.74, 6) is -0.964. The Bertz CT molecular complexity index is 1300. The van der Waals surface area contributed by atoms with Crippen molar-refractivity contribution in [1.82, 2.24) is 35.1 Å². The number of rotatable bonds is 11. The first kappa shape index (κ1) is 24.1. The summed E-state index contributed by atoms with van der Waals surface area (Å²) in [5.41, 5.74) is 2.53. The van der Waals surface area contributed by atoms with Gasteiger partial charge in [0.25, 0.3) is 0 Å². The Kier molecular flexibility index (Phi) is 7.09. The number of aromatic amines is 1. The number of nitrogens with zero attached hydrogens (tertiary/aromatic N) is 6. The number of benzene rings is 2. The maximum atomic E-state index is 12.8. The van der Waals surface area contributed by atoms with E-state index in [9.17, 15) is 9.90 Å². The largest absolute Gasteiger partial charge is 0.481 e. The number of aliphatic carboxylic acids is 1. The minimum absolute atomic E-state index is 0.481. The fourth-order valence-electron chi connectivity index (χ4n) is 5.78. The van der Waals surface area contributed by atoms with E-state index < -0.39 is 17.6 Å². The summed E-state index contributed by atoms with van der Waals surface area (Å²) in [4.78, 5) is 19.9. The van der Waals surface area contributed by atoms with Crippen LogP contribution in [0.2, 0.25) is 0 Å². The third kappa shape index (κ3) is 4.28. The van der Waals surface area contributed by atoms with Crippen LogP contribution in [0.15, 0.2) is 54.9 Å². The Morgan fingerprint density at radius 1 is 1.11 bits per heavy atom. The van der Waals surface area contributed by atoms with Crippen molar-refractivity contribution in [2.45, 2.75) is 57.5 Å². The lowest BCUT2D eigenvalue weighted by Crippen LogP contribution is -2.53. The quantitative estimate of drug-likeness (QED) is 0.295. The summed E-state index contributed by atoms with van der Waals surface area (Å²) >= 11 is 0. The summed E-state index contributed by atoms with van der Waals surface area (Å²) in [6, 6.07) is 15.8. The van der Waals surface area contributed by atoms with E-state index in [1.165, 1.54) is 25.7 Å². The van der Waals surface area contributed by atoms with Crippen molar-refractivity contribution in [3.05, 3.63) is 60.4 Å². The van der Waals surface area contributed by atoms with Gasteiger partial charge in [-0.05, 0) is 41.8 Å². The second-order valence-corrected chi connectivity index (χ2v) is 9.58. The molecule has 2 aromatic carbocycles. The van der Waals surface area contributed by atoms with Gasteiger partial charge < -0.3 is 9.67 Å². The van der Waals surface area contributed by atoms with E-state index in [0.29, 0.717) is 18.8 Å². The van der Waals surface area contributed by atoms with Gasteiger partial charge in [0.05, 0.1) is 23.3 Å². The summed E-state index contributed by atoms with van der Waals surface area (Å²) in [6.07, 6.45) is 9.47. The maximum absolute atomic E-state index is 12.8. The van der Waals surface area contributed by atoms with E-state index in [1.54, 1.807) is 6.33 Å². The molecule has 5 rings (SSSR count). The van der Waals surface area contributed by atoms with Gasteiger partial charge in [0.2, 0.25) is 5.82 Å². The van der Waals surface area contributed by atoms with E-state index >= 15 is 0 Å². The van der Waals surface area contributed by atoms with Gasteiger partial charge in [-0.2, -0.15) is 5.21 Å². The lowest BCUT2D eigenvalue weighted by Gasteiger charge is -2.43. The number of likely N-dealkylation sites (tertiary alicyclic amines) is 1. The molecule has 1 aliphatic heterocycles. The average molecular weight is 488 g/mol. The SMILES string of the molecule is CCCCCCCCN1CCC(C(=O)O)C1(c1cccc(-c2nn[nH]n2)c1)n1cnc2ccccc21. The number of para-hydroxylation sites is 2. The Labute approximate surface area is 210 Å². The van der Waals surface area contributed by atoms with Crippen molar-refractivity contribution in [1.29, 1.82) is 0 Å². The Morgan fingerprint density at radius 2 is 1.94 bits per heavy atom. The molecule has 9 nitrogen and oxygen atoms in total. The highest BCUT2D eigenvalue weighted by Crippen LogP contribution is 2.47. The number of H-pyrrole nitrogens is 1. The molecular weight excluding hydrogens is 454 g/mol. The van der Waals surface area contributed by atoms with Gasteiger partial charge in [-0.25, -0.2) is 4.98 Å². The van der Waals surface area contributed by atoms with Crippen molar-refractivity contribution >= 4 is 17.0 Å². The second kappa shape index (κ2) is 10.6. The smallest absolute Gasteiger partial charge is 0.310 e. The third-order valence-corrected chi connectivity index (χ3v) is 7.45. The number of carbonyl (C=O) groups is 1. The van der Waals surface area contributed by atoms with Crippen molar-refractivity contribution in [3.8, 4) is 11.4 Å². The normalized spacial score (nSPS) is 20.3. The number of tetrazole rings is 1. The van der Waals surface area contributed by atoms with E-state index in [2.05, 4.69) is 42.0 Å². The first-order chi connectivity index (χ1) is 17.7. The molecule has 2 atom stereocenters. The molecule has 0 amide bonds. The molecule has 0 aliphatic carbocycles. The van der Waals surface area contributed by atoms with Crippen molar-refractivity contribution < 1.29 is 9.90 Å². The van der Waals surface area contributed by atoms with Crippen LogP contribution < -0.4 is 0 Å². The van der Waals surface area contributed by atoms with Crippen LogP contribution >= 0.6 is 0 Å². The van der Waals surface area contributed by atoms with Crippen LogP contribution in [0, 0.1) is 5.92 Å². The van der Waals surface area contributed by atoms with Crippen LogP contribution in [-0.4, -0.2) is 59.2 Å². The molecule has 1 saturated heterocycles. The van der Waals surface area contributed by atoms with E-state index in [0.717, 1.165) is 41.5 Å². The van der Waals surface area contributed by atoms with Crippen LogP contribution in [0.4, 0.5) is 0 Å². The molecule has 0 bridgehead atoms. The number of fused-ring (bicyclic) bond motifs is 1. The molecule has 188 valence electrons. The average Bonchev–Trinajstić information content (AvgIpc) is 3.65. The lowest BCUT2D eigenvalue weighted by atomic mass is 9.84. The lowest BCUT2D eigenvalue weighted by molar-refractivity contribution is -0.146. The second-order valence-electron chi connectivity index (χ2n) is 9.58. The highest BCUT2D eigenvalue weighted by atomic mass is 16.4. The first-order valence-corrected chi connectivity index (χ1v) is 12.9. The van der Waals surface area contributed by atoms with Gasteiger partial charge in [0, 0.05) is 18.7 Å². The maximum Gasteiger partial charge on any atom is 0.310 e. The van der Waals surface area contributed by atoms with E-state index in [1.807, 2.05) is 48.5 Å². The zero-order chi connectivity index (χ0) is 25.0. The van der Waals surface area contributed by atoms with Crippen molar-refractivity contribution in [3.63, 3.8) is 0 Å². The summed E-state index contributed by atoms with van der Waals surface area (Å²) in [5, 5.41) is 25.0. The number of hydrogen-bond donors (Lipinski definition) is 2. The van der Waals surface area contributed by atoms with Gasteiger partial charge in [0.15, 0.2) is 0 Å². The van der Waals surface area contributed by atoms with Crippen molar-refractivity contribution in [2.24, 2.45) is 5.92 Å². The molecule has 9 heteroatoms. The Balaban J connectivity index is 1.63. The molecular formula is C27H33N7O2. The molecule has 0 spiro atoms. The summed E-state index contributed by atoms with van der Waals surface area (Å²) in [6.45, 7) is 3.74. The molecule has 2 aromatic heterocycles. The van der Waals surface area contributed by atoms with Crippen LogP contribution in [0.1, 0.15) is 57.4 Å². The number of hydrogen-bond acceptors (Lipinski definition) is 6. The van der Waals surface area contributed by atoms with Gasteiger partial charge in [0.1, 0.15) is 5.66 Å². The monoisotopic (exact) mass is 487 g/mol. The molecule has 0 radical (unpaired) electrons. The number of imidazole rings is 1. The number of carboxylic acids is 1. The minimum Gasteiger partial charge on any atom is -0.481 e. The Hall–Kier alpha value is -3.59. The third-order valence-electron chi connectivity index (χ3n) is 7.45. The van der Waals surface area contributed by atoms with Crippen LogP contribution in [-0.2, 0) is 10.5 Å². The molecule has 1 aliphatic rings. The molecule has 1 fully saturated rings. The fraction of sp³-hybridized carbons (Fsp3) is 0.444. The molecule has 4 aromatic rings. The van der Waals surface area contributed by atoms with E-state index in [4.69, 9.17) is 0 Å². The van der Waals surface area contributed by atoms with Crippen molar-refractivity contribution in [2.75, 3.05) is 13.1 Å². The van der Waals surface area contributed by atoms with Crippen LogP contribution in [0.3, 0.4) is 0 Å². The predicted octanol–water partition coefficient (Wildman–Crippen LogP) is 4.68. The van der Waals surface area contributed by atoms with Gasteiger partial charge >= 0.3 is 5.97 Å². The molecule has 2 N–H and O–H groups in total. The standard InChI is InChI=1S/C27H33N7O2/c1-2-3-4-5-6-9-16-33-17-15-22(26(35)36)27(33,34-19-28-23-13-7-8-14-24(23)34)21-12-10-11-20(18-21)25-29-31-32-30-25/h7-8,10-14,18-19,22H,2-6,9,15-17H2,1H3,(H,35,36)(H,29,30,31,32). The number of aromatic nitrogens is 6. The zero-order valence-electron chi connectivity index (χ0n) is 20.7. The zero-order valence-corrected chi connectivity index (χ0v) is 20.7. The fourth-order valence-corrected chi connectivity index (χ4v) is 5.78. The number of unbranched alkanes of at least 4 members (excludes halogenated alkanes) is 5. The van der Waals surface area contributed by atoms with Crippen LogP contribution in [0.25, 0.3) is 22.4 Å². The number of nitrogens with one attached hydrogen (secondary N) is 1. The topological polar surface area (TPSA) is 113 Å².